The van der Waals surface area contributed by atoms with Crippen LogP contribution in [0.15, 0.2) is 0 Å². The first-order valence-corrected chi connectivity index (χ1v) is 3.38. The molecular weight excluding hydrogens is 116 g/mol. The second-order valence-electron chi connectivity index (χ2n) is 2.84. The molecule has 1 heteroatoms. The molecule has 0 aromatic rings. The van der Waals surface area contributed by atoms with E-state index < -0.39 is 0 Å². The van der Waals surface area contributed by atoms with Crippen LogP contribution >= 0.6 is 12.2 Å². The van der Waals surface area contributed by atoms with Crippen molar-refractivity contribution in [2.75, 3.05) is 0 Å². The summed E-state index contributed by atoms with van der Waals surface area (Å²) >= 11 is 4.62. The van der Waals surface area contributed by atoms with Gasteiger partial charge in [0.25, 0.3) is 0 Å². The zero-order valence-electron chi connectivity index (χ0n) is 5.82. The van der Waals surface area contributed by atoms with Gasteiger partial charge in [-0.1, -0.05) is 39.4 Å². The Kier molecular flexibility index (Phi) is 3.22. The molecule has 0 nitrogen and oxygen atoms in total. The van der Waals surface area contributed by atoms with Crippen molar-refractivity contribution in [2.24, 2.45) is 5.41 Å². The molecule has 0 aliphatic carbocycles. The lowest BCUT2D eigenvalue weighted by Gasteiger charge is -2.18. The lowest BCUT2D eigenvalue weighted by molar-refractivity contribution is 0.372. The third-order valence-electron chi connectivity index (χ3n) is 1.51. The van der Waals surface area contributed by atoms with Crippen LogP contribution in [0.3, 0.4) is 0 Å². The van der Waals surface area contributed by atoms with Gasteiger partial charge >= 0.3 is 0 Å². The van der Waals surface area contributed by atoms with E-state index in [9.17, 15) is 0 Å². The Morgan fingerprint density at radius 2 is 2.00 bits per heavy atom. The van der Waals surface area contributed by atoms with Gasteiger partial charge in [0.05, 0.1) is 0 Å². The quantitative estimate of drug-likeness (QED) is 0.528. The van der Waals surface area contributed by atoms with Gasteiger partial charge in [-0.25, -0.2) is 0 Å². The molecule has 0 fully saturated rings. The number of hydrogen-bond acceptors (Lipinski definition) is 1. The van der Waals surface area contributed by atoms with Crippen molar-refractivity contribution in [2.45, 2.75) is 33.6 Å². The Morgan fingerprint density at radius 1 is 1.50 bits per heavy atom. The highest BCUT2D eigenvalue weighted by molar-refractivity contribution is 7.78. The maximum Gasteiger partial charge on any atom is 0.0297 e. The molecule has 0 rings (SSSR count). The van der Waals surface area contributed by atoms with Crippen molar-refractivity contribution in [1.29, 1.82) is 0 Å². The van der Waals surface area contributed by atoms with E-state index in [1.165, 1.54) is 6.42 Å². The van der Waals surface area contributed by atoms with Gasteiger partial charge in [0, 0.05) is 5.37 Å². The molecule has 0 aliphatic rings. The first-order chi connectivity index (χ1) is 3.62. The van der Waals surface area contributed by atoms with Crippen LogP contribution in [-0.2, 0) is 0 Å². The molecule has 0 aliphatic heterocycles. The van der Waals surface area contributed by atoms with Gasteiger partial charge in [-0.3, -0.25) is 0 Å². The van der Waals surface area contributed by atoms with Gasteiger partial charge in [-0.05, 0) is 11.8 Å². The summed E-state index contributed by atoms with van der Waals surface area (Å²) in [4.78, 5) is 0. The van der Waals surface area contributed by atoms with Crippen LogP contribution in [0.25, 0.3) is 0 Å². The molecule has 0 bridgehead atoms. The highest BCUT2D eigenvalue weighted by atomic mass is 32.1. The predicted molar refractivity (Wildman–Crippen MR) is 41.3 cm³/mol. The molecule has 0 heterocycles. The minimum Gasteiger partial charge on any atom is -0.0837 e. The first-order valence-electron chi connectivity index (χ1n) is 2.97. The Labute approximate surface area is 57.3 Å². The van der Waals surface area contributed by atoms with E-state index in [0.717, 1.165) is 6.42 Å². The average molecular weight is 129 g/mol. The molecule has 0 aromatic heterocycles. The van der Waals surface area contributed by atoms with E-state index >= 15 is 0 Å². The van der Waals surface area contributed by atoms with Crippen LogP contribution in [0, 0.1) is 5.41 Å². The highest BCUT2D eigenvalue weighted by Crippen LogP contribution is 2.22. The third-order valence-corrected chi connectivity index (χ3v) is 1.65. The summed E-state index contributed by atoms with van der Waals surface area (Å²) in [5.74, 6) is 0. The van der Waals surface area contributed by atoms with Crippen LogP contribution < -0.4 is 0 Å². The summed E-state index contributed by atoms with van der Waals surface area (Å²) in [6.07, 6.45) is 2.11. The van der Waals surface area contributed by atoms with E-state index in [4.69, 9.17) is 0 Å². The third kappa shape index (κ3) is 3.14. The van der Waals surface area contributed by atoms with Gasteiger partial charge in [0.1, 0.15) is 0 Å². The molecule has 0 amide bonds. The van der Waals surface area contributed by atoms with Crippen molar-refractivity contribution < 1.29 is 0 Å². The fourth-order valence-electron chi connectivity index (χ4n) is 0.320. The van der Waals surface area contributed by atoms with E-state index in [1.54, 1.807) is 0 Å². The summed E-state index contributed by atoms with van der Waals surface area (Å²) in [6, 6.07) is 0. The van der Waals surface area contributed by atoms with E-state index in [1.807, 2.05) is 0 Å². The van der Waals surface area contributed by atoms with Gasteiger partial charge < -0.3 is 0 Å². The van der Waals surface area contributed by atoms with Crippen molar-refractivity contribution in [3.63, 3.8) is 0 Å². The van der Waals surface area contributed by atoms with Crippen LogP contribution in [-0.4, -0.2) is 5.37 Å². The second kappa shape index (κ2) is 3.18. The number of hydrogen-bond donors (Lipinski definition) is 0. The van der Waals surface area contributed by atoms with Crippen molar-refractivity contribution >= 4 is 17.6 Å². The minimum atomic E-state index is 0.377. The maximum atomic E-state index is 4.62. The van der Waals surface area contributed by atoms with Crippen LogP contribution in [0.4, 0.5) is 0 Å². The Morgan fingerprint density at radius 3 is 2.12 bits per heavy atom. The summed E-state index contributed by atoms with van der Waals surface area (Å²) in [5.41, 5.74) is 0.377. The molecule has 0 atom stereocenters. The van der Waals surface area contributed by atoms with E-state index in [-0.39, 0.29) is 0 Å². The predicted octanol–water partition coefficient (Wildman–Crippen LogP) is 2.69. The molecule has 0 unspecified atom stereocenters. The second-order valence-corrected chi connectivity index (χ2v) is 3.13. The van der Waals surface area contributed by atoms with Crippen molar-refractivity contribution in [1.82, 2.24) is 0 Å². The van der Waals surface area contributed by atoms with Crippen LogP contribution in [0.5, 0.6) is 0 Å². The monoisotopic (exact) mass is 129 g/mol. The Hall–Kier alpha value is 0.0900. The molecule has 1 radical (unpaired) electrons. The summed E-state index contributed by atoms with van der Waals surface area (Å²) in [7, 11) is 0. The SMILES string of the molecule is CCC(C)(C)C[C]=S. The van der Waals surface area contributed by atoms with E-state index in [2.05, 4.69) is 38.4 Å². The number of thiocarbonyl (C=S) groups is 1. The lowest BCUT2D eigenvalue weighted by Crippen LogP contribution is -2.08. The molecule has 0 saturated carbocycles. The molecular formula is C7H13S. The molecule has 0 N–H and O–H groups in total. The lowest BCUT2D eigenvalue weighted by atomic mass is 9.88. The van der Waals surface area contributed by atoms with Gasteiger partial charge in [0.2, 0.25) is 0 Å². The standard InChI is InChI=1S/C7H13S/c1-4-7(2,3)5-6-8/h4-5H2,1-3H3. The molecule has 0 saturated heterocycles. The van der Waals surface area contributed by atoms with Crippen molar-refractivity contribution in [3.05, 3.63) is 0 Å². The summed E-state index contributed by atoms with van der Waals surface area (Å²) in [5, 5.41) is 2.74. The molecule has 0 spiro atoms. The average Bonchev–Trinajstić information content (AvgIpc) is 1.67. The normalized spacial score (nSPS) is 11.4. The van der Waals surface area contributed by atoms with Gasteiger partial charge in [0.15, 0.2) is 0 Å². The smallest absolute Gasteiger partial charge is 0.0297 e. The summed E-state index contributed by atoms with van der Waals surface area (Å²) in [6.45, 7) is 6.57. The highest BCUT2D eigenvalue weighted by Gasteiger charge is 2.11. The first kappa shape index (κ1) is 8.09. The summed E-state index contributed by atoms with van der Waals surface area (Å²) < 4.78 is 0. The molecule has 0 aromatic carbocycles. The molecule has 47 valence electrons. The Balaban J connectivity index is 3.53. The largest absolute Gasteiger partial charge is 0.0837 e. The van der Waals surface area contributed by atoms with Crippen LogP contribution in [0.1, 0.15) is 33.6 Å². The Bertz CT molecular complexity index is 74.5. The minimum absolute atomic E-state index is 0.377. The number of rotatable bonds is 3. The van der Waals surface area contributed by atoms with Crippen molar-refractivity contribution in [3.8, 4) is 0 Å². The van der Waals surface area contributed by atoms with Gasteiger partial charge in [-0.2, -0.15) is 0 Å². The van der Waals surface area contributed by atoms with E-state index in [0.29, 0.717) is 5.41 Å². The van der Waals surface area contributed by atoms with Gasteiger partial charge in [-0.15, -0.1) is 0 Å². The zero-order valence-corrected chi connectivity index (χ0v) is 6.64. The van der Waals surface area contributed by atoms with Crippen LogP contribution in [0.2, 0.25) is 0 Å². The fourth-order valence-corrected chi connectivity index (χ4v) is 0.711. The maximum absolute atomic E-state index is 4.62. The molecule has 8 heavy (non-hydrogen) atoms. The topological polar surface area (TPSA) is 0 Å². The fraction of sp³-hybridized carbons (Fsp3) is 0.857. The zero-order chi connectivity index (χ0) is 6.62.